The molecule has 2 aliphatic heterocycles. The molecule has 3 rings (SSSR count). The van der Waals surface area contributed by atoms with Crippen LogP contribution in [0.2, 0.25) is 0 Å². The molecule has 4 atom stereocenters. The molecular formula is C14H15NO4. The fourth-order valence-corrected chi connectivity index (χ4v) is 3.07. The summed E-state index contributed by atoms with van der Waals surface area (Å²) in [5, 5.41) is 12.0. The molecule has 0 aromatic heterocycles. The molecule has 2 bridgehead atoms. The fraction of sp³-hybridized carbons (Fsp3) is 0.429. The van der Waals surface area contributed by atoms with Crippen molar-refractivity contribution < 1.29 is 19.4 Å². The van der Waals surface area contributed by atoms with E-state index in [1.165, 1.54) is 0 Å². The summed E-state index contributed by atoms with van der Waals surface area (Å²) < 4.78 is 5.58. The van der Waals surface area contributed by atoms with Gasteiger partial charge >= 0.3 is 5.97 Å². The minimum atomic E-state index is -0.944. The number of carboxylic acid groups (broad SMARTS) is 1. The van der Waals surface area contributed by atoms with Crippen molar-refractivity contribution in [3.05, 3.63) is 30.3 Å². The molecule has 19 heavy (non-hydrogen) atoms. The smallest absolute Gasteiger partial charge is 0.310 e. The van der Waals surface area contributed by atoms with Crippen LogP contribution in [0.25, 0.3) is 0 Å². The number of rotatable bonds is 3. The van der Waals surface area contributed by atoms with Crippen molar-refractivity contribution in [3.8, 4) is 0 Å². The van der Waals surface area contributed by atoms with Crippen LogP contribution in [0.15, 0.2) is 30.3 Å². The van der Waals surface area contributed by atoms with E-state index < -0.39 is 17.8 Å². The molecule has 2 N–H and O–H groups in total. The number of carboxylic acids is 1. The van der Waals surface area contributed by atoms with Gasteiger partial charge in [0.05, 0.1) is 24.0 Å². The van der Waals surface area contributed by atoms with Crippen molar-refractivity contribution in [2.75, 3.05) is 5.32 Å². The molecule has 0 unspecified atom stereocenters. The maximum absolute atomic E-state index is 12.3. The molecule has 0 aliphatic carbocycles. The number of hydrogen-bond acceptors (Lipinski definition) is 3. The van der Waals surface area contributed by atoms with Gasteiger partial charge in [0.25, 0.3) is 0 Å². The molecular weight excluding hydrogens is 246 g/mol. The summed E-state index contributed by atoms with van der Waals surface area (Å²) >= 11 is 0. The highest BCUT2D eigenvalue weighted by atomic mass is 16.5. The molecule has 5 heteroatoms. The summed E-state index contributed by atoms with van der Waals surface area (Å²) in [6.07, 6.45) is 0.932. The second-order valence-electron chi connectivity index (χ2n) is 5.04. The predicted molar refractivity (Wildman–Crippen MR) is 67.6 cm³/mol. The number of carbonyl (C=O) groups is 2. The molecule has 0 saturated carbocycles. The number of benzene rings is 1. The maximum atomic E-state index is 12.3. The van der Waals surface area contributed by atoms with E-state index in [-0.39, 0.29) is 18.1 Å². The van der Waals surface area contributed by atoms with E-state index >= 15 is 0 Å². The molecule has 2 aliphatic rings. The van der Waals surface area contributed by atoms with E-state index in [0.717, 1.165) is 12.8 Å². The van der Waals surface area contributed by atoms with Crippen molar-refractivity contribution in [1.82, 2.24) is 0 Å². The van der Waals surface area contributed by atoms with Crippen LogP contribution in [-0.2, 0) is 14.3 Å². The van der Waals surface area contributed by atoms with Crippen molar-refractivity contribution in [3.63, 3.8) is 0 Å². The average molecular weight is 261 g/mol. The van der Waals surface area contributed by atoms with Crippen LogP contribution in [0.5, 0.6) is 0 Å². The van der Waals surface area contributed by atoms with Crippen molar-refractivity contribution in [2.45, 2.75) is 25.0 Å². The topological polar surface area (TPSA) is 75.6 Å². The van der Waals surface area contributed by atoms with E-state index in [4.69, 9.17) is 4.74 Å². The zero-order valence-corrected chi connectivity index (χ0v) is 10.3. The Morgan fingerprint density at radius 1 is 1.11 bits per heavy atom. The Bertz CT molecular complexity index is 501. The molecule has 0 radical (unpaired) electrons. The van der Waals surface area contributed by atoms with Gasteiger partial charge < -0.3 is 15.2 Å². The summed E-state index contributed by atoms with van der Waals surface area (Å²) in [6, 6.07) is 9.06. The first-order valence-electron chi connectivity index (χ1n) is 6.41. The third-order valence-corrected chi connectivity index (χ3v) is 3.90. The van der Waals surface area contributed by atoms with Gasteiger partial charge in [-0.3, -0.25) is 9.59 Å². The van der Waals surface area contributed by atoms with Crippen LogP contribution in [-0.4, -0.2) is 29.2 Å². The van der Waals surface area contributed by atoms with Crippen LogP contribution in [0.3, 0.4) is 0 Å². The minimum absolute atomic E-state index is 0.255. The number of fused-ring (bicyclic) bond motifs is 2. The lowest BCUT2D eigenvalue weighted by Crippen LogP contribution is -2.40. The standard InChI is InChI=1S/C14H15NO4/c16-13(15-8-4-2-1-3-5-8)11-9-6-7-10(19-9)12(11)14(17)18/h1-5,9-12H,6-7H2,(H,15,16)(H,17,18)/t9-,10+,11+,12+/m1/s1. The Kier molecular flexibility index (Phi) is 2.98. The van der Waals surface area contributed by atoms with E-state index in [2.05, 4.69) is 5.32 Å². The van der Waals surface area contributed by atoms with Gasteiger partial charge in [0.2, 0.25) is 5.91 Å². The fourth-order valence-electron chi connectivity index (χ4n) is 3.07. The average Bonchev–Trinajstić information content (AvgIpc) is 2.99. The minimum Gasteiger partial charge on any atom is -0.481 e. The van der Waals surface area contributed by atoms with E-state index in [1.807, 2.05) is 18.2 Å². The Hall–Kier alpha value is -1.88. The first-order valence-corrected chi connectivity index (χ1v) is 6.41. The van der Waals surface area contributed by atoms with Gasteiger partial charge in [0, 0.05) is 5.69 Å². The normalized spacial score (nSPS) is 32.2. The van der Waals surface area contributed by atoms with Crippen LogP contribution in [0, 0.1) is 11.8 Å². The number of carbonyl (C=O) groups excluding carboxylic acids is 1. The third-order valence-electron chi connectivity index (χ3n) is 3.90. The second-order valence-corrected chi connectivity index (χ2v) is 5.04. The van der Waals surface area contributed by atoms with Gasteiger partial charge in [-0.2, -0.15) is 0 Å². The van der Waals surface area contributed by atoms with E-state index in [1.54, 1.807) is 12.1 Å². The summed E-state index contributed by atoms with van der Waals surface area (Å²) in [5.41, 5.74) is 0.680. The lowest BCUT2D eigenvalue weighted by molar-refractivity contribution is -0.147. The van der Waals surface area contributed by atoms with Crippen LogP contribution in [0.4, 0.5) is 5.69 Å². The summed E-state index contributed by atoms with van der Waals surface area (Å²) in [7, 11) is 0. The number of aliphatic carboxylic acids is 1. The number of anilines is 1. The van der Waals surface area contributed by atoms with Crippen molar-refractivity contribution >= 4 is 17.6 Å². The van der Waals surface area contributed by atoms with Gasteiger partial charge in [-0.1, -0.05) is 18.2 Å². The lowest BCUT2D eigenvalue weighted by Gasteiger charge is -2.23. The second kappa shape index (κ2) is 4.66. The Morgan fingerprint density at radius 3 is 2.37 bits per heavy atom. The number of hydrogen-bond donors (Lipinski definition) is 2. The molecule has 2 heterocycles. The molecule has 2 saturated heterocycles. The summed E-state index contributed by atoms with van der Waals surface area (Å²) in [6.45, 7) is 0. The zero-order valence-electron chi connectivity index (χ0n) is 10.3. The highest BCUT2D eigenvalue weighted by molar-refractivity contribution is 5.96. The van der Waals surface area contributed by atoms with Crippen molar-refractivity contribution in [2.24, 2.45) is 11.8 Å². The van der Waals surface area contributed by atoms with Crippen LogP contribution < -0.4 is 5.32 Å². The Labute approximate surface area is 110 Å². The highest BCUT2D eigenvalue weighted by Crippen LogP contribution is 2.44. The van der Waals surface area contributed by atoms with Crippen LogP contribution >= 0.6 is 0 Å². The maximum Gasteiger partial charge on any atom is 0.310 e. The quantitative estimate of drug-likeness (QED) is 0.864. The van der Waals surface area contributed by atoms with E-state index in [9.17, 15) is 14.7 Å². The summed E-state index contributed by atoms with van der Waals surface area (Å²) in [4.78, 5) is 23.6. The SMILES string of the molecule is O=C(O)[C@@H]1[C@@H](C(=O)Nc2ccccc2)[C@H]2CC[C@@H]1O2. The molecule has 2 fully saturated rings. The lowest BCUT2D eigenvalue weighted by atomic mass is 9.78. The number of ether oxygens (including phenoxy) is 1. The molecule has 1 aromatic rings. The molecule has 100 valence electrons. The monoisotopic (exact) mass is 261 g/mol. The molecule has 1 aromatic carbocycles. The van der Waals surface area contributed by atoms with Gasteiger partial charge in [-0.05, 0) is 25.0 Å². The van der Waals surface area contributed by atoms with Gasteiger partial charge in [-0.25, -0.2) is 0 Å². The van der Waals surface area contributed by atoms with Crippen molar-refractivity contribution in [1.29, 1.82) is 0 Å². The largest absolute Gasteiger partial charge is 0.481 e. The first kappa shape index (κ1) is 12.2. The third kappa shape index (κ3) is 2.10. The molecule has 1 amide bonds. The van der Waals surface area contributed by atoms with E-state index in [0.29, 0.717) is 5.69 Å². The van der Waals surface area contributed by atoms with Gasteiger partial charge in [-0.15, -0.1) is 0 Å². The summed E-state index contributed by atoms with van der Waals surface area (Å²) in [5.74, 6) is -2.51. The molecule has 5 nitrogen and oxygen atoms in total. The Morgan fingerprint density at radius 2 is 1.74 bits per heavy atom. The predicted octanol–water partition coefficient (Wildman–Crippen LogP) is 1.50. The van der Waals surface area contributed by atoms with Gasteiger partial charge in [0.1, 0.15) is 0 Å². The highest BCUT2D eigenvalue weighted by Gasteiger charge is 2.55. The first-order chi connectivity index (χ1) is 9.16. The van der Waals surface area contributed by atoms with Crippen LogP contribution in [0.1, 0.15) is 12.8 Å². The van der Waals surface area contributed by atoms with Gasteiger partial charge in [0.15, 0.2) is 0 Å². The zero-order chi connectivity index (χ0) is 13.4. The Balaban J connectivity index is 1.77. The number of nitrogens with one attached hydrogen (secondary N) is 1. The number of amides is 1. The number of para-hydroxylation sites is 1. The molecule has 0 spiro atoms.